The number of aromatic nitrogens is 1. The molecule has 16 heavy (non-hydrogen) atoms. The van der Waals surface area contributed by atoms with Gasteiger partial charge < -0.3 is 4.74 Å². The van der Waals surface area contributed by atoms with Crippen LogP contribution in [0, 0.1) is 3.57 Å². The standard InChI is InChI=1S/C10H10F2INO2/c1-2-16-9(15)3-6-7(10(11)12)4-14-5-8(6)13/h4-5,10H,2-3H2,1H3. The van der Waals surface area contributed by atoms with Crippen LogP contribution in [0.15, 0.2) is 12.4 Å². The number of esters is 1. The zero-order chi connectivity index (χ0) is 12.1. The number of alkyl halides is 2. The molecule has 0 amide bonds. The van der Waals surface area contributed by atoms with Crippen LogP contribution in [0.3, 0.4) is 0 Å². The van der Waals surface area contributed by atoms with E-state index in [1.807, 2.05) is 22.6 Å². The van der Waals surface area contributed by atoms with Gasteiger partial charge in [-0.2, -0.15) is 0 Å². The van der Waals surface area contributed by atoms with Gasteiger partial charge in [-0.1, -0.05) is 0 Å². The number of hydrogen-bond donors (Lipinski definition) is 0. The van der Waals surface area contributed by atoms with Crippen molar-refractivity contribution >= 4 is 28.6 Å². The monoisotopic (exact) mass is 341 g/mol. The minimum Gasteiger partial charge on any atom is -0.466 e. The van der Waals surface area contributed by atoms with Crippen molar-refractivity contribution in [2.75, 3.05) is 6.61 Å². The molecule has 0 aromatic carbocycles. The van der Waals surface area contributed by atoms with Gasteiger partial charge in [-0.3, -0.25) is 9.78 Å². The summed E-state index contributed by atoms with van der Waals surface area (Å²) >= 11 is 1.88. The number of rotatable bonds is 4. The molecule has 1 aromatic rings. The Hall–Kier alpha value is -0.790. The summed E-state index contributed by atoms with van der Waals surface area (Å²) in [6, 6.07) is 0. The highest BCUT2D eigenvalue weighted by Crippen LogP contribution is 2.26. The summed E-state index contributed by atoms with van der Waals surface area (Å²) in [6.45, 7) is 1.91. The van der Waals surface area contributed by atoms with E-state index >= 15 is 0 Å². The molecule has 0 N–H and O–H groups in total. The number of carbonyl (C=O) groups is 1. The summed E-state index contributed by atoms with van der Waals surface area (Å²) in [5.74, 6) is -0.506. The second-order valence-corrected chi connectivity index (χ2v) is 4.13. The summed E-state index contributed by atoms with van der Waals surface area (Å²) in [7, 11) is 0. The zero-order valence-corrected chi connectivity index (χ0v) is 10.7. The van der Waals surface area contributed by atoms with Gasteiger partial charge in [0.1, 0.15) is 0 Å². The topological polar surface area (TPSA) is 39.2 Å². The summed E-state index contributed by atoms with van der Waals surface area (Å²) in [6.07, 6.45) is -0.247. The SMILES string of the molecule is CCOC(=O)Cc1c(I)cncc1C(F)F. The van der Waals surface area contributed by atoms with Gasteiger partial charge in [0, 0.05) is 21.5 Å². The Bertz CT molecular complexity index is 385. The minimum atomic E-state index is -2.63. The van der Waals surface area contributed by atoms with Crippen molar-refractivity contribution in [2.45, 2.75) is 19.8 Å². The van der Waals surface area contributed by atoms with Crippen LogP contribution in [0.25, 0.3) is 0 Å². The van der Waals surface area contributed by atoms with E-state index in [9.17, 15) is 13.6 Å². The first kappa shape index (κ1) is 13.3. The van der Waals surface area contributed by atoms with Crippen molar-refractivity contribution in [3.63, 3.8) is 0 Å². The van der Waals surface area contributed by atoms with Crippen molar-refractivity contribution in [3.05, 3.63) is 27.1 Å². The number of nitrogens with zero attached hydrogens (tertiary/aromatic N) is 1. The van der Waals surface area contributed by atoms with E-state index in [0.717, 1.165) is 6.20 Å². The molecule has 0 aliphatic carbocycles. The number of ether oxygens (including phenoxy) is 1. The lowest BCUT2D eigenvalue weighted by Gasteiger charge is -2.09. The van der Waals surface area contributed by atoms with Crippen LogP contribution >= 0.6 is 22.6 Å². The lowest BCUT2D eigenvalue weighted by Crippen LogP contribution is -2.11. The maximum Gasteiger partial charge on any atom is 0.310 e. The van der Waals surface area contributed by atoms with Crippen molar-refractivity contribution in [1.29, 1.82) is 0 Å². The number of pyridine rings is 1. The van der Waals surface area contributed by atoms with Crippen molar-refractivity contribution in [3.8, 4) is 0 Å². The third-order valence-corrected chi connectivity index (χ3v) is 2.83. The molecule has 0 radical (unpaired) electrons. The highest BCUT2D eigenvalue weighted by molar-refractivity contribution is 14.1. The Balaban J connectivity index is 2.97. The molecule has 0 atom stereocenters. The molecule has 0 saturated carbocycles. The van der Waals surface area contributed by atoms with Crippen LogP contribution in [0.5, 0.6) is 0 Å². The van der Waals surface area contributed by atoms with Crippen molar-refractivity contribution in [1.82, 2.24) is 4.98 Å². The summed E-state index contributed by atoms with van der Waals surface area (Å²) < 4.78 is 30.6. The molecule has 6 heteroatoms. The van der Waals surface area contributed by atoms with Gasteiger partial charge in [-0.25, -0.2) is 8.78 Å². The van der Waals surface area contributed by atoms with Crippen molar-refractivity contribution in [2.24, 2.45) is 0 Å². The lowest BCUT2D eigenvalue weighted by molar-refractivity contribution is -0.142. The first-order valence-electron chi connectivity index (χ1n) is 4.62. The Labute approximate surface area is 105 Å². The lowest BCUT2D eigenvalue weighted by atomic mass is 10.1. The summed E-state index contributed by atoms with van der Waals surface area (Å²) in [4.78, 5) is 14.9. The first-order valence-corrected chi connectivity index (χ1v) is 5.70. The molecule has 0 bridgehead atoms. The maximum absolute atomic E-state index is 12.6. The molecule has 0 aliphatic rings. The third-order valence-electron chi connectivity index (χ3n) is 1.90. The fourth-order valence-electron chi connectivity index (χ4n) is 1.21. The highest BCUT2D eigenvalue weighted by Gasteiger charge is 2.18. The Morgan fingerprint density at radius 1 is 1.56 bits per heavy atom. The van der Waals surface area contributed by atoms with Gasteiger partial charge in [0.05, 0.1) is 13.0 Å². The van der Waals surface area contributed by atoms with Crippen LogP contribution in [0.4, 0.5) is 8.78 Å². The summed E-state index contributed by atoms with van der Waals surface area (Å²) in [5, 5.41) is 0. The minimum absolute atomic E-state index is 0.145. The Kier molecular flexibility index (Phi) is 5.04. The van der Waals surface area contributed by atoms with Gasteiger partial charge in [-0.15, -0.1) is 0 Å². The molecule has 88 valence electrons. The van der Waals surface area contributed by atoms with E-state index < -0.39 is 12.4 Å². The van der Waals surface area contributed by atoms with E-state index in [-0.39, 0.29) is 18.6 Å². The Morgan fingerprint density at radius 3 is 2.81 bits per heavy atom. The molecule has 0 fully saturated rings. The quantitative estimate of drug-likeness (QED) is 0.625. The number of carbonyl (C=O) groups excluding carboxylic acids is 1. The Morgan fingerprint density at radius 2 is 2.25 bits per heavy atom. The largest absolute Gasteiger partial charge is 0.466 e. The molecule has 0 saturated heterocycles. The fraction of sp³-hybridized carbons (Fsp3) is 0.400. The maximum atomic E-state index is 12.6. The fourth-order valence-corrected chi connectivity index (χ4v) is 1.87. The number of hydrogen-bond acceptors (Lipinski definition) is 3. The normalized spacial score (nSPS) is 10.6. The van der Waals surface area contributed by atoms with Gasteiger partial charge in [-0.05, 0) is 35.1 Å². The third kappa shape index (κ3) is 3.36. The molecular formula is C10H10F2INO2. The molecule has 1 heterocycles. The molecule has 0 aliphatic heterocycles. The predicted octanol–water partition coefficient (Wildman–Crippen LogP) is 2.73. The number of halogens is 3. The van der Waals surface area contributed by atoms with Crippen molar-refractivity contribution < 1.29 is 18.3 Å². The van der Waals surface area contributed by atoms with E-state index in [1.54, 1.807) is 6.92 Å². The van der Waals surface area contributed by atoms with E-state index in [2.05, 4.69) is 4.98 Å². The molecule has 0 spiro atoms. The van der Waals surface area contributed by atoms with Gasteiger partial charge >= 0.3 is 5.97 Å². The second kappa shape index (κ2) is 6.07. The molecular weight excluding hydrogens is 331 g/mol. The molecule has 1 aromatic heterocycles. The van der Waals surface area contributed by atoms with Gasteiger partial charge in [0.15, 0.2) is 0 Å². The van der Waals surface area contributed by atoms with Crippen LogP contribution in [-0.2, 0) is 16.0 Å². The van der Waals surface area contributed by atoms with Gasteiger partial charge in [0.25, 0.3) is 6.43 Å². The second-order valence-electron chi connectivity index (χ2n) is 2.97. The first-order chi connectivity index (χ1) is 7.56. The average molecular weight is 341 g/mol. The van der Waals surface area contributed by atoms with Crippen LogP contribution in [0.1, 0.15) is 24.5 Å². The summed E-state index contributed by atoms with van der Waals surface area (Å²) in [5.41, 5.74) is 0.0870. The van der Waals surface area contributed by atoms with Crippen LogP contribution in [-0.4, -0.2) is 17.6 Å². The molecule has 1 rings (SSSR count). The van der Waals surface area contributed by atoms with Gasteiger partial charge in [0.2, 0.25) is 0 Å². The van der Waals surface area contributed by atoms with Crippen LogP contribution < -0.4 is 0 Å². The highest BCUT2D eigenvalue weighted by atomic mass is 127. The molecule has 0 unspecified atom stereocenters. The molecule has 3 nitrogen and oxygen atoms in total. The van der Waals surface area contributed by atoms with E-state index in [1.165, 1.54) is 6.20 Å². The zero-order valence-electron chi connectivity index (χ0n) is 8.54. The van der Waals surface area contributed by atoms with E-state index in [4.69, 9.17) is 4.74 Å². The average Bonchev–Trinajstić information content (AvgIpc) is 2.21. The van der Waals surface area contributed by atoms with E-state index in [0.29, 0.717) is 9.13 Å². The smallest absolute Gasteiger partial charge is 0.310 e. The van der Waals surface area contributed by atoms with Crippen LogP contribution in [0.2, 0.25) is 0 Å². The predicted molar refractivity (Wildman–Crippen MR) is 62.2 cm³/mol.